The van der Waals surface area contributed by atoms with E-state index in [-0.39, 0.29) is 29.5 Å². The van der Waals surface area contributed by atoms with E-state index in [1.54, 1.807) is 0 Å². The number of carbonyl (C=O) groups is 1. The predicted molar refractivity (Wildman–Crippen MR) is 69.0 cm³/mol. The lowest BCUT2D eigenvalue weighted by Gasteiger charge is -2.20. The maximum atomic E-state index is 12.8. The summed E-state index contributed by atoms with van der Waals surface area (Å²) in [6.45, 7) is 5.92. The minimum atomic E-state index is -3.65. The van der Waals surface area contributed by atoms with Crippen LogP contribution in [0.2, 0.25) is 0 Å². The van der Waals surface area contributed by atoms with Crippen LogP contribution in [0.25, 0.3) is 0 Å². The third kappa shape index (κ3) is 3.80. The summed E-state index contributed by atoms with van der Waals surface area (Å²) in [6.07, 6.45) is -3.65. The van der Waals surface area contributed by atoms with Gasteiger partial charge in [-0.1, -0.05) is 0 Å². The normalized spacial score (nSPS) is 16.1. The van der Waals surface area contributed by atoms with Gasteiger partial charge >= 0.3 is 6.29 Å². The molecule has 1 aliphatic heterocycles. The Bertz CT molecular complexity index is 527. The molecular weight excluding hydrogens is 270 g/mol. The van der Waals surface area contributed by atoms with E-state index in [2.05, 4.69) is 20.1 Å². The first-order valence-corrected chi connectivity index (χ1v) is 6.09. The predicted octanol–water partition coefficient (Wildman–Crippen LogP) is 2.33. The summed E-state index contributed by atoms with van der Waals surface area (Å²) in [7, 11) is 0. The molecule has 5 nitrogen and oxygen atoms in total. The fourth-order valence-corrected chi connectivity index (χ4v) is 1.58. The molecule has 0 unspecified atom stereocenters. The Balaban J connectivity index is 1.97. The maximum Gasteiger partial charge on any atom is 0.586 e. The maximum absolute atomic E-state index is 12.8. The zero-order valence-corrected chi connectivity index (χ0v) is 11.4. The molecule has 0 saturated heterocycles. The van der Waals surface area contributed by atoms with Crippen LogP contribution in [0.5, 0.6) is 11.5 Å². The quantitative estimate of drug-likeness (QED) is 0.895. The van der Waals surface area contributed by atoms with E-state index in [1.165, 1.54) is 18.2 Å². The number of benzene rings is 1. The van der Waals surface area contributed by atoms with Crippen molar-refractivity contribution in [2.24, 2.45) is 0 Å². The molecule has 2 N–H and O–H groups in total. The molecule has 2 rings (SSSR count). The number of hydrogen-bond acceptors (Lipinski definition) is 4. The molecule has 0 fully saturated rings. The first-order valence-electron chi connectivity index (χ1n) is 6.09. The number of ether oxygens (including phenoxy) is 2. The van der Waals surface area contributed by atoms with Gasteiger partial charge in [0.25, 0.3) is 0 Å². The molecule has 0 saturated carbocycles. The van der Waals surface area contributed by atoms with Gasteiger partial charge in [-0.05, 0) is 32.9 Å². The lowest BCUT2D eigenvalue weighted by atomic mass is 10.1. The van der Waals surface area contributed by atoms with Gasteiger partial charge in [-0.25, -0.2) is 0 Å². The third-order valence-corrected chi connectivity index (χ3v) is 2.46. The minimum Gasteiger partial charge on any atom is -0.395 e. The van der Waals surface area contributed by atoms with E-state index in [4.69, 9.17) is 0 Å². The summed E-state index contributed by atoms with van der Waals surface area (Å²) < 4.78 is 34.3. The van der Waals surface area contributed by atoms with E-state index in [0.717, 1.165) is 0 Å². The van der Waals surface area contributed by atoms with Gasteiger partial charge in [0.1, 0.15) is 0 Å². The van der Waals surface area contributed by atoms with Gasteiger partial charge in [0.05, 0.1) is 6.54 Å². The van der Waals surface area contributed by atoms with Crippen molar-refractivity contribution in [3.8, 4) is 11.5 Å². The van der Waals surface area contributed by atoms with Crippen LogP contribution in [-0.2, 0) is 4.79 Å². The van der Waals surface area contributed by atoms with Gasteiger partial charge in [0, 0.05) is 17.3 Å². The highest BCUT2D eigenvalue weighted by Crippen LogP contribution is 2.42. The fraction of sp³-hybridized carbons (Fsp3) is 0.462. The molecule has 7 heteroatoms. The molecule has 110 valence electrons. The number of nitrogens with one attached hydrogen (secondary N) is 2. The number of carbonyl (C=O) groups excluding carboxylic acids is 1. The van der Waals surface area contributed by atoms with Crippen LogP contribution in [0.15, 0.2) is 18.2 Å². The zero-order chi connectivity index (χ0) is 15.0. The van der Waals surface area contributed by atoms with Gasteiger partial charge in [-0.3, -0.25) is 4.79 Å². The Labute approximate surface area is 115 Å². The van der Waals surface area contributed by atoms with E-state index in [0.29, 0.717) is 5.69 Å². The average Bonchev–Trinajstić information content (AvgIpc) is 2.59. The van der Waals surface area contributed by atoms with Gasteiger partial charge in [0.2, 0.25) is 5.91 Å². The number of amides is 1. The van der Waals surface area contributed by atoms with E-state index in [1.807, 2.05) is 20.8 Å². The average molecular weight is 286 g/mol. The summed E-state index contributed by atoms with van der Waals surface area (Å²) in [5.74, 6) is -0.428. The largest absolute Gasteiger partial charge is 0.586 e. The van der Waals surface area contributed by atoms with Crippen molar-refractivity contribution in [1.29, 1.82) is 0 Å². The zero-order valence-electron chi connectivity index (χ0n) is 11.4. The second-order valence-corrected chi connectivity index (χ2v) is 5.48. The Kier molecular flexibility index (Phi) is 3.56. The molecule has 20 heavy (non-hydrogen) atoms. The molecule has 0 spiro atoms. The topological polar surface area (TPSA) is 59.6 Å². The smallest absolute Gasteiger partial charge is 0.395 e. The van der Waals surface area contributed by atoms with E-state index in [9.17, 15) is 13.6 Å². The van der Waals surface area contributed by atoms with Crippen molar-refractivity contribution in [2.75, 3.05) is 11.9 Å². The molecule has 0 radical (unpaired) electrons. The van der Waals surface area contributed by atoms with Crippen molar-refractivity contribution in [1.82, 2.24) is 5.32 Å². The monoisotopic (exact) mass is 286 g/mol. The van der Waals surface area contributed by atoms with Crippen molar-refractivity contribution in [3.63, 3.8) is 0 Å². The number of anilines is 1. The number of rotatable bonds is 3. The van der Waals surface area contributed by atoms with Gasteiger partial charge < -0.3 is 20.1 Å². The van der Waals surface area contributed by atoms with Gasteiger partial charge in [-0.2, -0.15) is 0 Å². The molecule has 0 bridgehead atoms. The molecule has 1 heterocycles. The fourth-order valence-electron chi connectivity index (χ4n) is 1.58. The highest BCUT2D eigenvalue weighted by molar-refractivity contribution is 5.92. The van der Waals surface area contributed by atoms with Gasteiger partial charge in [0.15, 0.2) is 11.5 Å². The SMILES string of the molecule is CC(C)(C)NCC(=O)Nc1ccc2c(c1)OC(F)(F)O2. The molecule has 1 aromatic rings. The van der Waals surface area contributed by atoms with Crippen LogP contribution in [0.3, 0.4) is 0 Å². The Morgan fingerprint density at radius 2 is 1.90 bits per heavy atom. The number of fused-ring (bicyclic) bond motifs is 1. The highest BCUT2D eigenvalue weighted by atomic mass is 19.3. The number of alkyl halides is 2. The second-order valence-electron chi connectivity index (χ2n) is 5.48. The first-order chi connectivity index (χ1) is 9.15. The molecular formula is C13H16F2N2O3. The standard InChI is InChI=1S/C13H16F2N2O3/c1-12(2,3)16-7-11(18)17-8-4-5-9-10(6-8)20-13(14,15)19-9/h4-6,16H,7H2,1-3H3,(H,17,18). The molecule has 1 aromatic carbocycles. The van der Waals surface area contributed by atoms with Crippen LogP contribution in [-0.4, -0.2) is 24.3 Å². The number of halogens is 2. The summed E-state index contributed by atoms with van der Waals surface area (Å²) in [4.78, 5) is 11.7. The van der Waals surface area contributed by atoms with E-state index >= 15 is 0 Å². The lowest BCUT2D eigenvalue weighted by Crippen LogP contribution is -2.41. The van der Waals surface area contributed by atoms with Crippen LogP contribution in [0.4, 0.5) is 14.5 Å². The van der Waals surface area contributed by atoms with E-state index < -0.39 is 6.29 Å². The van der Waals surface area contributed by atoms with Crippen LogP contribution in [0.1, 0.15) is 20.8 Å². The molecule has 1 aliphatic rings. The highest BCUT2D eigenvalue weighted by Gasteiger charge is 2.43. The van der Waals surface area contributed by atoms with Gasteiger partial charge in [-0.15, -0.1) is 8.78 Å². The van der Waals surface area contributed by atoms with Crippen molar-refractivity contribution in [3.05, 3.63) is 18.2 Å². The van der Waals surface area contributed by atoms with Crippen LogP contribution >= 0.6 is 0 Å². The van der Waals surface area contributed by atoms with Crippen molar-refractivity contribution >= 4 is 11.6 Å². The first kappa shape index (κ1) is 14.5. The summed E-state index contributed by atoms with van der Waals surface area (Å²) in [5.41, 5.74) is 0.180. The number of hydrogen-bond donors (Lipinski definition) is 2. The Hall–Kier alpha value is -1.89. The Morgan fingerprint density at radius 3 is 2.55 bits per heavy atom. The van der Waals surface area contributed by atoms with Crippen LogP contribution < -0.4 is 20.1 Å². The molecule has 0 aromatic heterocycles. The summed E-state index contributed by atoms with van der Waals surface area (Å²) >= 11 is 0. The van der Waals surface area contributed by atoms with Crippen molar-refractivity contribution in [2.45, 2.75) is 32.6 Å². The van der Waals surface area contributed by atoms with Crippen molar-refractivity contribution < 1.29 is 23.0 Å². The molecule has 1 amide bonds. The summed E-state index contributed by atoms with van der Waals surface area (Å²) in [5, 5.41) is 5.61. The Morgan fingerprint density at radius 1 is 1.25 bits per heavy atom. The third-order valence-electron chi connectivity index (χ3n) is 2.46. The molecule has 0 atom stereocenters. The minimum absolute atomic E-state index is 0.0548. The second kappa shape index (κ2) is 4.90. The molecule has 0 aliphatic carbocycles. The summed E-state index contributed by atoms with van der Waals surface area (Å²) in [6, 6.07) is 4.09. The lowest BCUT2D eigenvalue weighted by molar-refractivity contribution is -0.286. The van der Waals surface area contributed by atoms with Crippen LogP contribution in [0, 0.1) is 0 Å².